The summed E-state index contributed by atoms with van der Waals surface area (Å²) >= 11 is 4.72. The zero-order valence-electron chi connectivity index (χ0n) is 9.59. The van der Waals surface area contributed by atoms with Crippen LogP contribution < -0.4 is 15.4 Å². The second-order valence-corrected chi connectivity index (χ2v) is 4.37. The standard InChI is InChI=1S/C12H12N2O3S/c13-10(18)7-17-9-4-2-1-3-8(9)14-11(15)5-6-12(14)16/h1-4H,5-7H2,(H2,13,18). The molecule has 1 saturated heterocycles. The lowest BCUT2D eigenvalue weighted by molar-refractivity contribution is -0.121. The molecule has 0 atom stereocenters. The molecule has 0 radical (unpaired) electrons. The molecule has 1 aromatic carbocycles. The van der Waals surface area contributed by atoms with Gasteiger partial charge in [-0.15, -0.1) is 0 Å². The SMILES string of the molecule is NC(=S)COc1ccccc1N1C(=O)CCC1=O. The molecule has 0 saturated carbocycles. The molecule has 1 aromatic rings. The van der Waals surface area contributed by atoms with Gasteiger partial charge in [0.05, 0.1) is 5.69 Å². The maximum atomic E-state index is 11.7. The molecule has 94 valence electrons. The van der Waals surface area contributed by atoms with E-state index < -0.39 is 0 Å². The lowest BCUT2D eigenvalue weighted by atomic mass is 10.2. The Morgan fingerprint density at radius 2 is 1.89 bits per heavy atom. The summed E-state index contributed by atoms with van der Waals surface area (Å²) in [4.78, 5) is 24.7. The number of anilines is 1. The minimum absolute atomic E-state index is 0.0720. The zero-order chi connectivity index (χ0) is 13.1. The third kappa shape index (κ3) is 2.48. The first-order valence-corrected chi connectivity index (χ1v) is 5.86. The highest BCUT2D eigenvalue weighted by atomic mass is 32.1. The molecule has 18 heavy (non-hydrogen) atoms. The summed E-state index contributed by atoms with van der Waals surface area (Å²) in [6.07, 6.45) is 0.477. The average molecular weight is 264 g/mol. The Morgan fingerprint density at radius 3 is 2.50 bits per heavy atom. The van der Waals surface area contributed by atoms with Gasteiger partial charge < -0.3 is 10.5 Å². The molecule has 2 N–H and O–H groups in total. The van der Waals surface area contributed by atoms with Crippen molar-refractivity contribution in [2.75, 3.05) is 11.5 Å². The van der Waals surface area contributed by atoms with E-state index in [4.69, 9.17) is 22.7 Å². The third-order valence-electron chi connectivity index (χ3n) is 2.53. The first kappa shape index (κ1) is 12.5. The predicted molar refractivity (Wildman–Crippen MR) is 70.4 cm³/mol. The molecular weight excluding hydrogens is 252 g/mol. The molecule has 0 bridgehead atoms. The van der Waals surface area contributed by atoms with Gasteiger partial charge in [-0.1, -0.05) is 24.4 Å². The minimum Gasteiger partial charge on any atom is -0.484 e. The Morgan fingerprint density at radius 1 is 1.28 bits per heavy atom. The number of para-hydroxylation sites is 2. The molecule has 2 rings (SSSR count). The maximum Gasteiger partial charge on any atom is 0.234 e. The lowest BCUT2D eigenvalue weighted by Crippen LogP contribution is -2.29. The Kier molecular flexibility index (Phi) is 3.57. The molecule has 0 spiro atoms. The average Bonchev–Trinajstić information content (AvgIpc) is 2.67. The highest BCUT2D eigenvalue weighted by Gasteiger charge is 2.32. The van der Waals surface area contributed by atoms with E-state index >= 15 is 0 Å². The maximum absolute atomic E-state index is 11.7. The first-order chi connectivity index (χ1) is 8.59. The van der Waals surface area contributed by atoms with Crippen LogP contribution in [0.4, 0.5) is 5.69 Å². The fourth-order valence-corrected chi connectivity index (χ4v) is 1.82. The smallest absolute Gasteiger partial charge is 0.234 e. The van der Waals surface area contributed by atoms with Crippen LogP contribution in [0.3, 0.4) is 0 Å². The highest BCUT2D eigenvalue weighted by molar-refractivity contribution is 7.80. The third-order valence-corrected chi connectivity index (χ3v) is 2.65. The van der Waals surface area contributed by atoms with Crippen LogP contribution in [0.1, 0.15) is 12.8 Å². The van der Waals surface area contributed by atoms with Crippen LogP contribution in [0.15, 0.2) is 24.3 Å². The van der Waals surface area contributed by atoms with Crippen molar-refractivity contribution in [1.82, 2.24) is 0 Å². The van der Waals surface area contributed by atoms with E-state index in [1.54, 1.807) is 24.3 Å². The number of imide groups is 1. The summed E-state index contributed by atoms with van der Waals surface area (Å²) in [5, 5.41) is 0. The quantitative estimate of drug-likeness (QED) is 0.649. The summed E-state index contributed by atoms with van der Waals surface area (Å²) < 4.78 is 5.40. The lowest BCUT2D eigenvalue weighted by Gasteiger charge is -2.18. The van der Waals surface area contributed by atoms with Gasteiger partial charge >= 0.3 is 0 Å². The van der Waals surface area contributed by atoms with Gasteiger partial charge in [0.25, 0.3) is 0 Å². The Bertz CT molecular complexity index is 500. The van der Waals surface area contributed by atoms with E-state index in [0.717, 1.165) is 4.90 Å². The van der Waals surface area contributed by atoms with Crippen LogP contribution in [0, 0.1) is 0 Å². The van der Waals surface area contributed by atoms with Crippen molar-refractivity contribution in [2.45, 2.75) is 12.8 Å². The molecule has 1 fully saturated rings. The molecule has 0 unspecified atom stereocenters. The van der Waals surface area contributed by atoms with Crippen LogP contribution in [-0.2, 0) is 9.59 Å². The van der Waals surface area contributed by atoms with E-state index in [1.807, 2.05) is 0 Å². The Balaban J connectivity index is 2.29. The van der Waals surface area contributed by atoms with Gasteiger partial charge in [0.2, 0.25) is 11.8 Å². The molecule has 2 amide bonds. The number of benzene rings is 1. The summed E-state index contributed by atoms with van der Waals surface area (Å²) in [6, 6.07) is 6.83. The van der Waals surface area contributed by atoms with Gasteiger partial charge in [-0.3, -0.25) is 9.59 Å². The van der Waals surface area contributed by atoms with Gasteiger partial charge in [0.1, 0.15) is 17.3 Å². The highest BCUT2D eigenvalue weighted by Crippen LogP contribution is 2.31. The number of nitrogens with two attached hydrogens (primary N) is 1. The van der Waals surface area contributed by atoms with Crippen LogP contribution in [0.2, 0.25) is 0 Å². The van der Waals surface area contributed by atoms with Gasteiger partial charge in [-0.2, -0.15) is 0 Å². The number of hydrogen-bond donors (Lipinski definition) is 1. The number of hydrogen-bond acceptors (Lipinski definition) is 4. The second-order valence-electron chi connectivity index (χ2n) is 3.85. The first-order valence-electron chi connectivity index (χ1n) is 5.45. The van der Waals surface area contributed by atoms with E-state index in [1.165, 1.54) is 0 Å². The summed E-state index contributed by atoms with van der Waals surface area (Å²) in [7, 11) is 0. The van der Waals surface area contributed by atoms with Gasteiger partial charge in [-0.25, -0.2) is 4.90 Å². The van der Waals surface area contributed by atoms with Crippen LogP contribution in [0.25, 0.3) is 0 Å². The second kappa shape index (κ2) is 5.14. The van der Waals surface area contributed by atoms with E-state index in [0.29, 0.717) is 11.4 Å². The fourth-order valence-electron chi connectivity index (χ4n) is 1.76. The minimum atomic E-state index is -0.216. The number of carbonyl (C=O) groups excluding carboxylic acids is 2. The number of ether oxygens (including phenoxy) is 1. The van der Waals surface area contributed by atoms with Crippen molar-refractivity contribution in [3.05, 3.63) is 24.3 Å². The Hall–Kier alpha value is -1.95. The van der Waals surface area contributed by atoms with E-state index in [2.05, 4.69) is 0 Å². The molecular formula is C12H12N2O3S. The molecule has 5 nitrogen and oxygen atoms in total. The largest absolute Gasteiger partial charge is 0.484 e. The van der Waals surface area contributed by atoms with Gasteiger partial charge in [-0.05, 0) is 12.1 Å². The summed E-state index contributed by atoms with van der Waals surface area (Å²) in [6.45, 7) is 0.0720. The number of rotatable bonds is 4. The van der Waals surface area contributed by atoms with Crippen LogP contribution in [0.5, 0.6) is 5.75 Å². The van der Waals surface area contributed by atoms with Crippen molar-refractivity contribution in [3.8, 4) is 5.75 Å². The number of amides is 2. The molecule has 0 aromatic heterocycles. The van der Waals surface area contributed by atoms with E-state index in [-0.39, 0.29) is 36.3 Å². The summed E-state index contributed by atoms with van der Waals surface area (Å²) in [5.74, 6) is -0.00773. The zero-order valence-corrected chi connectivity index (χ0v) is 10.4. The number of carbonyl (C=O) groups is 2. The fraction of sp³-hybridized carbons (Fsp3) is 0.250. The number of thiocarbonyl (C=S) groups is 1. The van der Waals surface area contributed by atoms with E-state index in [9.17, 15) is 9.59 Å². The normalized spacial score (nSPS) is 15.0. The topological polar surface area (TPSA) is 72.6 Å². The summed E-state index contributed by atoms with van der Waals surface area (Å²) in [5.41, 5.74) is 5.80. The van der Waals surface area contributed by atoms with Crippen molar-refractivity contribution in [2.24, 2.45) is 5.73 Å². The molecule has 1 aliphatic rings. The molecule has 1 heterocycles. The Labute approximate surface area is 110 Å². The number of nitrogens with zero attached hydrogens (tertiary/aromatic N) is 1. The predicted octanol–water partition coefficient (Wildman–Crippen LogP) is 1.00. The molecule has 6 heteroatoms. The monoisotopic (exact) mass is 264 g/mol. The van der Waals surface area contributed by atoms with Crippen molar-refractivity contribution in [3.63, 3.8) is 0 Å². The molecule has 0 aliphatic carbocycles. The van der Waals surface area contributed by atoms with Crippen molar-refractivity contribution in [1.29, 1.82) is 0 Å². The van der Waals surface area contributed by atoms with Crippen molar-refractivity contribution < 1.29 is 14.3 Å². The van der Waals surface area contributed by atoms with Crippen LogP contribution in [-0.4, -0.2) is 23.4 Å². The molecule has 1 aliphatic heterocycles. The van der Waals surface area contributed by atoms with Gasteiger partial charge in [0, 0.05) is 12.8 Å². The van der Waals surface area contributed by atoms with Crippen LogP contribution >= 0.6 is 12.2 Å². The van der Waals surface area contributed by atoms with Gasteiger partial charge in [0.15, 0.2) is 0 Å². The van der Waals surface area contributed by atoms with Crippen molar-refractivity contribution >= 4 is 34.7 Å².